The number of hydrogen-bond donors (Lipinski definition) is 1. The first-order valence-corrected chi connectivity index (χ1v) is 7.37. The van der Waals surface area contributed by atoms with Gasteiger partial charge in [0.05, 0.1) is 11.3 Å². The number of hydrogen-bond acceptors (Lipinski definition) is 3. The second kappa shape index (κ2) is 7.09. The van der Waals surface area contributed by atoms with Crippen molar-refractivity contribution in [3.63, 3.8) is 0 Å². The van der Waals surface area contributed by atoms with Gasteiger partial charge < -0.3 is 10.2 Å². The first kappa shape index (κ1) is 15.3. The molecule has 0 aromatic heterocycles. The van der Waals surface area contributed by atoms with E-state index < -0.39 is 0 Å². The molecule has 0 saturated carbocycles. The lowest BCUT2D eigenvalue weighted by atomic mass is 10.2. The zero-order valence-corrected chi connectivity index (χ0v) is 12.7. The standard InChI is InChI=1S/C16H22N4O/c1-13(2)12-19-7-9-20(10-8-19)16(21)18-15-6-4-3-5-14(15)11-17/h3-6,13H,7-10,12H2,1-2H3,(H,18,21). The van der Waals surface area contributed by atoms with Crippen molar-refractivity contribution >= 4 is 11.7 Å². The minimum atomic E-state index is -0.123. The normalized spacial score (nSPS) is 15.8. The van der Waals surface area contributed by atoms with Gasteiger partial charge in [-0.05, 0) is 18.1 Å². The van der Waals surface area contributed by atoms with Crippen LogP contribution in [-0.4, -0.2) is 48.6 Å². The van der Waals surface area contributed by atoms with Crippen molar-refractivity contribution < 1.29 is 4.79 Å². The number of anilines is 1. The number of carbonyl (C=O) groups is 1. The third kappa shape index (κ3) is 4.20. The summed E-state index contributed by atoms with van der Waals surface area (Å²) in [5, 5.41) is 11.9. The Morgan fingerprint density at radius 1 is 1.29 bits per heavy atom. The Hall–Kier alpha value is -2.06. The number of rotatable bonds is 3. The summed E-state index contributed by atoms with van der Waals surface area (Å²) >= 11 is 0. The van der Waals surface area contributed by atoms with Gasteiger partial charge in [-0.25, -0.2) is 4.79 Å². The number of benzene rings is 1. The van der Waals surface area contributed by atoms with Gasteiger partial charge >= 0.3 is 6.03 Å². The SMILES string of the molecule is CC(C)CN1CCN(C(=O)Nc2ccccc2C#N)CC1. The average Bonchev–Trinajstić information content (AvgIpc) is 2.48. The summed E-state index contributed by atoms with van der Waals surface area (Å²) in [6.07, 6.45) is 0. The topological polar surface area (TPSA) is 59.4 Å². The monoisotopic (exact) mass is 286 g/mol. The number of piperazine rings is 1. The maximum absolute atomic E-state index is 12.3. The van der Waals surface area contributed by atoms with Crippen molar-refractivity contribution in [2.24, 2.45) is 5.92 Å². The fraction of sp³-hybridized carbons (Fsp3) is 0.500. The van der Waals surface area contributed by atoms with Crippen LogP contribution in [0.1, 0.15) is 19.4 Å². The molecule has 1 fully saturated rings. The van der Waals surface area contributed by atoms with Crippen molar-refractivity contribution in [2.75, 3.05) is 38.0 Å². The van der Waals surface area contributed by atoms with Crippen LogP contribution >= 0.6 is 0 Å². The lowest BCUT2D eigenvalue weighted by Gasteiger charge is -2.35. The van der Waals surface area contributed by atoms with Gasteiger partial charge in [-0.1, -0.05) is 26.0 Å². The molecule has 1 N–H and O–H groups in total. The van der Waals surface area contributed by atoms with Crippen LogP contribution in [0.25, 0.3) is 0 Å². The van der Waals surface area contributed by atoms with Crippen LogP contribution in [0.5, 0.6) is 0 Å². The Morgan fingerprint density at radius 2 is 1.95 bits per heavy atom. The van der Waals surface area contributed by atoms with E-state index in [0.29, 0.717) is 17.2 Å². The Morgan fingerprint density at radius 3 is 2.57 bits per heavy atom. The molecule has 2 rings (SSSR count). The number of carbonyl (C=O) groups excluding carboxylic acids is 1. The molecule has 1 aromatic rings. The van der Waals surface area contributed by atoms with E-state index in [1.54, 1.807) is 18.2 Å². The maximum Gasteiger partial charge on any atom is 0.321 e. The van der Waals surface area contributed by atoms with Crippen LogP contribution in [0.2, 0.25) is 0 Å². The number of nitrogens with one attached hydrogen (secondary N) is 1. The molecule has 5 nitrogen and oxygen atoms in total. The van der Waals surface area contributed by atoms with E-state index >= 15 is 0 Å². The van der Waals surface area contributed by atoms with E-state index in [2.05, 4.69) is 30.1 Å². The summed E-state index contributed by atoms with van der Waals surface area (Å²) in [7, 11) is 0. The van der Waals surface area contributed by atoms with Crippen LogP contribution in [-0.2, 0) is 0 Å². The smallest absolute Gasteiger partial charge is 0.321 e. The van der Waals surface area contributed by atoms with E-state index in [0.717, 1.165) is 32.7 Å². The molecule has 0 unspecified atom stereocenters. The van der Waals surface area contributed by atoms with Crippen molar-refractivity contribution in [1.29, 1.82) is 5.26 Å². The van der Waals surface area contributed by atoms with Crippen LogP contribution in [0.3, 0.4) is 0 Å². The molecule has 0 aliphatic carbocycles. The largest absolute Gasteiger partial charge is 0.322 e. The molecule has 2 amide bonds. The summed E-state index contributed by atoms with van der Waals surface area (Å²) in [5.41, 5.74) is 1.07. The summed E-state index contributed by atoms with van der Waals surface area (Å²) in [6, 6.07) is 9.03. The predicted molar refractivity (Wildman–Crippen MR) is 83.0 cm³/mol. The lowest BCUT2D eigenvalue weighted by Crippen LogP contribution is -2.50. The highest BCUT2D eigenvalue weighted by atomic mass is 16.2. The van der Waals surface area contributed by atoms with Gasteiger partial charge in [0.1, 0.15) is 6.07 Å². The number of nitriles is 1. The van der Waals surface area contributed by atoms with Gasteiger partial charge in [0, 0.05) is 32.7 Å². The first-order valence-electron chi connectivity index (χ1n) is 7.37. The fourth-order valence-corrected chi connectivity index (χ4v) is 2.53. The summed E-state index contributed by atoms with van der Waals surface area (Å²) in [4.78, 5) is 16.4. The van der Waals surface area contributed by atoms with Gasteiger partial charge in [-0.15, -0.1) is 0 Å². The van der Waals surface area contributed by atoms with Crippen LogP contribution in [0.4, 0.5) is 10.5 Å². The van der Waals surface area contributed by atoms with E-state index in [9.17, 15) is 4.79 Å². The Labute approximate surface area is 126 Å². The van der Waals surface area contributed by atoms with Gasteiger partial charge in [-0.2, -0.15) is 5.26 Å². The molecular formula is C16H22N4O. The highest BCUT2D eigenvalue weighted by Gasteiger charge is 2.21. The highest BCUT2D eigenvalue weighted by molar-refractivity contribution is 5.90. The molecule has 1 heterocycles. The van der Waals surface area contributed by atoms with E-state index in [-0.39, 0.29) is 6.03 Å². The van der Waals surface area contributed by atoms with E-state index in [4.69, 9.17) is 5.26 Å². The van der Waals surface area contributed by atoms with E-state index in [1.807, 2.05) is 11.0 Å². The summed E-state index contributed by atoms with van der Waals surface area (Å²) in [6.45, 7) is 8.76. The van der Waals surface area contributed by atoms with Crippen molar-refractivity contribution in [1.82, 2.24) is 9.80 Å². The van der Waals surface area contributed by atoms with Gasteiger partial charge in [0.2, 0.25) is 0 Å². The number of nitrogens with zero attached hydrogens (tertiary/aromatic N) is 3. The zero-order valence-electron chi connectivity index (χ0n) is 12.7. The molecular weight excluding hydrogens is 264 g/mol. The van der Waals surface area contributed by atoms with Gasteiger partial charge in [-0.3, -0.25) is 4.90 Å². The Balaban J connectivity index is 1.89. The molecule has 0 atom stereocenters. The van der Waals surface area contributed by atoms with E-state index in [1.165, 1.54) is 0 Å². The fourth-order valence-electron chi connectivity index (χ4n) is 2.53. The molecule has 0 radical (unpaired) electrons. The second-order valence-electron chi connectivity index (χ2n) is 5.77. The number of amides is 2. The van der Waals surface area contributed by atoms with Gasteiger partial charge in [0.15, 0.2) is 0 Å². The summed E-state index contributed by atoms with van der Waals surface area (Å²) in [5.74, 6) is 0.646. The Bertz CT molecular complexity index is 527. The zero-order chi connectivity index (χ0) is 15.2. The average molecular weight is 286 g/mol. The molecule has 1 aliphatic heterocycles. The minimum absolute atomic E-state index is 0.123. The van der Waals surface area contributed by atoms with Crippen molar-refractivity contribution in [3.8, 4) is 6.07 Å². The maximum atomic E-state index is 12.3. The minimum Gasteiger partial charge on any atom is -0.322 e. The third-order valence-electron chi connectivity index (χ3n) is 3.57. The van der Waals surface area contributed by atoms with Crippen LogP contribution in [0.15, 0.2) is 24.3 Å². The molecule has 1 saturated heterocycles. The molecule has 112 valence electrons. The Kier molecular flexibility index (Phi) is 5.18. The highest BCUT2D eigenvalue weighted by Crippen LogP contribution is 2.15. The van der Waals surface area contributed by atoms with Crippen molar-refractivity contribution in [3.05, 3.63) is 29.8 Å². The first-order chi connectivity index (χ1) is 10.1. The number of urea groups is 1. The van der Waals surface area contributed by atoms with Crippen molar-refractivity contribution in [2.45, 2.75) is 13.8 Å². The number of para-hydroxylation sites is 1. The second-order valence-corrected chi connectivity index (χ2v) is 5.77. The molecule has 5 heteroatoms. The molecule has 0 bridgehead atoms. The summed E-state index contributed by atoms with van der Waals surface area (Å²) < 4.78 is 0. The predicted octanol–water partition coefficient (Wildman–Crippen LogP) is 2.36. The molecule has 21 heavy (non-hydrogen) atoms. The van der Waals surface area contributed by atoms with Crippen LogP contribution in [0, 0.1) is 17.2 Å². The molecule has 1 aromatic carbocycles. The van der Waals surface area contributed by atoms with Crippen LogP contribution < -0.4 is 5.32 Å². The quantitative estimate of drug-likeness (QED) is 0.928. The van der Waals surface area contributed by atoms with Gasteiger partial charge in [0.25, 0.3) is 0 Å². The molecule has 1 aliphatic rings. The molecule has 0 spiro atoms. The third-order valence-corrected chi connectivity index (χ3v) is 3.57. The lowest BCUT2D eigenvalue weighted by molar-refractivity contribution is 0.138.